The number of benzene rings is 1. The van der Waals surface area contributed by atoms with Crippen molar-refractivity contribution in [1.29, 1.82) is 0 Å². The molecule has 1 aromatic rings. The molecule has 0 spiro atoms. The smallest absolute Gasteiger partial charge is 0.291 e. The average molecular weight is 215 g/mol. The maximum Gasteiger partial charge on any atom is 0.291 e. The van der Waals surface area contributed by atoms with Crippen LogP contribution in [0.15, 0.2) is 38.4 Å². The summed E-state index contributed by atoms with van der Waals surface area (Å²) in [6.07, 6.45) is 1.10. The van der Waals surface area contributed by atoms with E-state index in [1.165, 1.54) is 0 Å². The van der Waals surface area contributed by atoms with Crippen LogP contribution < -0.4 is 5.73 Å². The van der Waals surface area contributed by atoms with E-state index in [1.807, 2.05) is 19.1 Å². The first-order valence-electron chi connectivity index (χ1n) is 4.59. The van der Waals surface area contributed by atoms with E-state index in [9.17, 15) is 4.79 Å². The Hall–Kier alpha value is -2.37. The quantitative estimate of drug-likeness (QED) is 0.569. The van der Waals surface area contributed by atoms with Crippen LogP contribution >= 0.6 is 0 Å². The number of azo groups is 1. The molecule has 0 aliphatic carbocycles. The molecule has 0 fully saturated rings. The Balaban J connectivity index is 2.21. The fourth-order valence-electron chi connectivity index (χ4n) is 1.27. The second-order valence-corrected chi connectivity index (χ2v) is 3.31. The number of carbonyl (C=O) groups is 1. The molecule has 0 unspecified atom stereocenters. The highest BCUT2D eigenvalue weighted by Crippen LogP contribution is 2.19. The number of nitrogens with two attached hydrogens (primary N) is 1. The van der Waals surface area contributed by atoms with Crippen LogP contribution in [0.2, 0.25) is 0 Å². The summed E-state index contributed by atoms with van der Waals surface area (Å²) in [5.74, 6) is -0.359. The Kier molecular flexibility index (Phi) is 2.55. The predicted molar refractivity (Wildman–Crippen MR) is 61.0 cm³/mol. The second-order valence-electron chi connectivity index (χ2n) is 3.31. The topological polar surface area (TPSA) is 92.5 Å². The molecule has 2 rings (SSSR count). The number of aryl methyl sites for hydroxylation is 1. The van der Waals surface area contributed by atoms with Gasteiger partial charge in [-0.1, -0.05) is 0 Å². The normalized spacial score (nSPS) is 14.8. The van der Waals surface area contributed by atoms with Gasteiger partial charge in [0.2, 0.25) is 0 Å². The van der Waals surface area contributed by atoms with Crippen molar-refractivity contribution < 1.29 is 4.79 Å². The van der Waals surface area contributed by atoms with E-state index >= 15 is 0 Å². The summed E-state index contributed by atoms with van der Waals surface area (Å²) >= 11 is 0. The molecule has 0 saturated heterocycles. The van der Waals surface area contributed by atoms with E-state index in [-0.39, 0.29) is 5.96 Å². The highest BCUT2D eigenvalue weighted by molar-refractivity contribution is 6.34. The zero-order chi connectivity index (χ0) is 11.5. The van der Waals surface area contributed by atoms with Gasteiger partial charge in [0, 0.05) is 5.69 Å². The fourth-order valence-corrected chi connectivity index (χ4v) is 1.27. The van der Waals surface area contributed by atoms with Gasteiger partial charge in [0.25, 0.3) is 11.9 Å². The lowest BCUT2D eigenvalue weighted by Gasteiger charge is -1.97. The predicted octanol–water partition coefficient (Wildman–Crippen LogP) is 1.63. The summed E-state index contributed by atoms with van der Waals surface area (Å²) in [5, 5.41) is 7.62. The van der Waals surface area contributed by atoms with Crippen LogP contribution in [0.1, 0.15) is 5.56 Å². The number of nitrogen functional groups attached to an aromatic ring is 1. The number of carbonyl (C=O) groups excluding carboxylic acids is 1. The van der Waals surface area contributed by atoms with Crippen molar-refractivity contribution >= 4 is 29.5 Å². The number of rotatable bonds is 1. The Morgan fingerprint density at radius 1 is 1.25 bits per heavy atom. The van der Waals surface area contributed by atoms with E-state index in [4.69, 9.17) is 5.73 Å². The van der Waals surface area contributed by atoms with Crippen molar-refractivity contribution in [3.8, 4) is 0 Å². The molecule has 0 atom stereocenters. The standard InChI is InChI=1S/C10H9N5O/c1-6-2-7(11)4-8(3-6)14-15-10-12-5-9(16)13-10/h2-5H,11H2,1H3. The minimum atomic E-state index is -0.419. The number of aliphatic imine (C=N–C) groups is 2. The number of amides is 1. The largest absolute Gasteiger partial charge is 0.399 e. The molecule has 2 N–H and O–H groups in total. The Morgan fingerprint density at radius 2 is 2.06 bits per heavy atom. The zero-order valence-electron chi connectivity index (χ0n) is 8.58. The summed E-state index contributed by atoms with van der Waals surface area (Å²) in [7, 11) is 0. The molecule has 1 amide bonds. The summed E-state index contributed by atoms with van der Waals surface area (Å²) < 4.78 is 0. The number of guanidine groups is 1. The van der Waals surface area contributed by atoms with Crippen LogP contribution in [0.3, 0.4) is 0 Å². The lowest BCUT2D eigenvalue weighted by Crippen LogP contribution is -1.87. The fraction of sp³-hybridized carbons (Fsp3) is 0.100. The van der Waals surface area contributed by atoms with E-state index < -0.39 is 5.91 Å². The molecule has 0 bridgehead atoms. The summed E-state index contributed by atoms with van der Waals surface area (Å²) in [6.45, 7) is 1.91. The van der Waals surface area contributed by atoms with Gasteiger partial charge in [-0.05, 0) is 30.7 Å². The molecule has 80 valence electrons. The molecular formula is C10H9N5O. The van der Waals surface area contributed by atoms with Crippen LogP contribution in [-0.2, 0) is 4.79 Å². The number of hydrogen-bond acceptors (Lipinski definition) is 5. The van der Waals surface area contributed by atoms with Gasteiger partial charge in [0.1, 0.15) is 0 Å². The maximum absolute atomic E-state index is 10.7. The van der Waals surface area contributed by atoms with E-state index in [0.717, 1.165) is 11.8 Å². The highest BCUT2D eigenvalue weighted by Gasteiger charge is 2.06. The van der Waals surface area contributed by atoms with Gasteiger partial charge in [0.15, 0.2) is 0 Å². The maximum atomic E-state index is 10.7. The Bertz CT molecular complexity index is 510. The third-order valence-corrected chi connectivity index (χ3v) is 1.84. The van der Waals surface area contributed by atoms with Crippen LogP contribution in [0, 0.1) is 6.92 Å². The summed E-state index contributed by atoms with van der Waals surface area (Å²) in [6, 6.07) is 5.33. The van der Waals surface area contributed by atoms with Crippen molar-refractivity contribution in [2.75, 3.05) is 5.73 Å². The molecular weight excluding hydrogens is 206 g/mol. The van der Waals surface area contributed by atoms with Crippen LogP contribution in [-0.4, -0.2) is 18.1 Å². The van der Waals surface area contributed by atoms with Crippen molar-refractivity contribution in [3.05, 3.63) is 23.8 Å². The molecule has 1 aliphatic rings. The van der Waals surface area contributed by atoms with E-state index in [2.05, 4.69) is 20.2 Å². The molecule has 1 aromatic carbocycles. The first kappa shape index (κ1) is 10.2. The zero-order valence-corrected chi connectivity index (χ0v) is 8.58. The van der Waals surface area contributed by atoms with Gasteiger partial charge in [0.05, 0.1) is 11.9 Å². The van der Waals surface area contributed by atoms with E-state index in [0.29, 0.717) is 11.4 Å². The summed E-state index contributed by atoms with van der Waals surface area (Å²) in [5.41, 5.74) is 7.86. The molecule has 6 nitrogen and oxygen atoms in total. The minimum Gasteiger partial charge on any atom is -0.399 e. The second kappa shape index (κ2) is 4.01. The van der Waals surface area contributed by atoms with Crippen molar-refractivity contribution in [3.63, 3.8) is 0 Å². The first-order valence-corrected chi connectivity index (χ1v) is 4.59. The monoisotopic (exact) mass is 215 g/mol. The third kappa shape index (κ3) is 2.35. The molecule has 0 radical (unpaired) electrons. The molecule has 0 aromatic heterocycles. The van der Waals surface area contributed by atoms with Gasteiger partial charge in [-0.15, -0.1) is 10.2 Å². The van der Waals surface area contributed by atoms with Crippen LogP contribution in [0.5, 0.6) is 0 Å². The van der Waals surface area contributed by atoms with Crippen molar-refractivity contribution in [2.45, 2.75) is 6.92 Å². The molecule has 0 saturated carbocycles. The first-order chi connectivity index (χ1) is 7.63. The Morgan fingerprint density at radius 3 is 2.69 bits per heavy atom. The molecule has 1 aliphatic heterocycles. The molecule has 16 heavy (non-hydrogen) atoms. The van der Waals surface area contributed by atoms with Crippen molar-refractivity contribution in [2.24, 2.45) is 20.2 Å². The van der Waals surface area contributed by atoms with Crippen LogP contribution in [0.4, 0.5) is 11.4 Å². The Labute approximate surface area is 91.6 Å². The number of hydrogen-bond donors (Lipinski definition) is 1. The van der Waals surface area contributed by atoms with Gasteiger partial charge in [-0.25, -0.2) is 4.99 Å². The SMILES string of the molecule is Cc1cc(N)cc(N=NC2=NC(=O)C=N2)c1. The van der Waals surface area contributed by atoms with Gasteiger partial charge in [-0.3, -0.25) is 4.79 Å². The number of anilines is 1. The van der Waals surface area contributed by atoms with E-state index in [1.54, 1.807) is 6.07 Å². The number of nitrogens with zero attached hydrogens (tertiary/aromatic N) is 4. The lowest BCUT2D eigenvalue weighted by molar-refractivity contribution is -0.111. The van der Waals surface area contributed by atoms with Gasteiger partial charge in [-0.2, -0.15) is 4.99 Å². The lowest BCUT2D eigenvalue weighted by atomic mass is 10.2. The summed E-state index contributed by atoms with van der Waals surface area (Å²) in [4.78, 5) is 17.9. The van der Waals surface area contributed by atoms with Crippen LogP contribution in [0.25, 0.3) is 0 Å². The highest BCUT2D eigenvalue weighted by atomic mass is 16.1. The average Bonchev–Trinajstić information content (AvgIpc) is 2.60. The molecule has 1 heterocycles. The van der Waals surface area contributed by atoms with Gasteiger partial charge < -0.3 is 5.73 Å². The molecule has 6 heteroatoms. The third-order valence-electron chi connectivity index (χ3n) is 1.84. The van der Waals surface area contributed by atoms with Crippen molar-refractivity contribution in [1.82, 2.24) is 0 Å². The minimum absolute atomic E-state index is 0.0603. The van der Waals surface area contributed by atoms with Gasteiger partial charge >= 0.3 is 0 Å².